The second-order valence-corrected chi connectivity index (χ2v) is 4.71. The maximum absolute atomic E-state index is 11.9. The van der Waals surface area contributed by atoms with E-state index in [2.05, 4.69) is 20.9 Å². The van der Waals surface area contributed by atoms with Gasteiger partial charge in [-0.3, -0.25) is 19.1 Å². The summed E-state index contributed by atoms with van der Waals surface area (Å²) >= 11 is 3.01. The van der Waals surface area contributed by atoms with E-state index in [1.165, 1.54) is 6.20 Å². The van der Waals surface area contributed by atoms with Crippen molar-refractivity contribution in [3.63, 3.8) is 0 Å². The van der Waals surface area contributed by atoms with Gasteiger partial charge in [0.25, 0.3) is 5.56 Å². The van der Waals surface area contributed by atoms with Gasteiger partial charge in [0.15, 0.2) is 5.78 Å². The molecule has 6 nitrogen and oxygen atoms in total. The summed E-state index contributed by atoms with van der Waals surface area (Å²) in [5, 5.41) is 0. The highest BCUT2D eigenvalue weighted by Crippen LogP contribution is 2.03. The second kappa shape index (κ2) is 4.77. The number of hydrogen-bond donors (Lipinski definition) is 1. The molecular formula is C11H10BrN3O3. The topological polar surface area (TPSA) is 76.9 Å². The largest absolute Gasteiger partial charge is 0.357 e. The van der Waals surface area contributed by atoms with Crippen LogP contribution in [0.4, 0.5) is 0 Å². The van der Waals surface area contributed by atoms with E-state index in [0.717, 1.165) is 4.57 Å². The molecule has 0 aliphatic carbocycles. The summed E-state index contributed by atoms with van der Waals surface area (Å²) < 4.78 is 3.11. The van der Waals surface area contributed by atoms with Gasteiger partial charge in [-0.1, -0.05) is 0 Å². The summed E-state index contributed by atoms with van der Waals surface area (Å²) in [5.41, 5.74) is -0.595. The van der Waals surface area contributed by atoms with E-state index in [0.29, 0.717) is 5.56 Å². The predicted octanol–water partition coefficient (Wildman–Crippen LogP) is 0.520. The first-order valence-electron chi connectivity index (χ1n) is 5.12. The van der Waals surface area contributed by atoms with Crippen LogP contribution in [0.2, 0.25) is 0 Å². The molecule has 2 rings (SSSR count). The van der Waals surface area contributed by atoms with Crippen molar-refractivity contribution < 1.29 is 4.79 Å². The molecular weight excluding hydrogens is 302 g/mol. The average Bonchev–Trinajstić information content (AvgIpc) is 2.73. The van der Waals surface area contributed by atoms with Gasteiger partial charge in [-0.15, -0.1) is 0 Å². The highest BCUT2D eigenvalue weighted by atomic mass is 79.9. The first kappa shape index (κ1) is 12.6. The third-order valence-corrected chi connectivity index (χ3v) is 3.00. The van der Waals surface area contributed by atoms with Gasteiger partial charge in [-0.25, -0.2) is 4.79 Å². The van der Waals surface area contributed by atoms with Gasteiger partial charge in [0.05, 0.1) is 11.0 Å². The number of carbonyl (C=O) groups excluding carboxylic acids is 1. The minimum Gasteiger partial charge on any atom is -0.357 e. The Balaban J connectivity index is 2.30. The van der Waals surface area contributed by atoms with E-state index in [4.69, 9.17) is 0 Å². The Morgan fingerprint density at radius 3 is 2.72 bits per heavy atom. The fraction of sp³-hybridized carbons (Fsp3) is 0.182. The molecule has 0 aromatic carbocycles. The van der Waals surface area contributed by atoms with Crippen molar-refractivity contribution in [2.75, 3.05) is 0 Å². The minimum absolute atomic E-state index is 0.113. The van der Waals surface area contributed by atoms with Crippen molar-refractivity contribution >= 4 is 21.7 Å². The van der Waals surface area contributed by atoms with Crippen molar-refractivity contribution in [2.24, 2.45) is 7.05 Å². The number of H-pyrrole nitrogens is 1. The lowest BCUT2D eigenvalue weighted by Crippen LogP contribution is -2.31. The molecule has 0 spiro atoms. The van der Waals surface area contributed by atoms with E-state index in [1.54, 1.807) is 30.1 Å². The summed E-state index contributed by atoms with van der Waals surface area (Å²) in [6.45, 7) is -0.113. The van der Waals surface area contributed by atoms with Gasteiger partial charge in [-0.05, 0) is 22.0 Å². The Bertz CT molecular complexity index is 711. The van der Waals surface area contributed by atoms with E-state index in [9.17, 15) is 14.4 Å². The SMILES string of the molecule is Cn1ccc(C(=O)Cn2cc(Br)c(=O)[nH]c2=O)c1. The predicted molar refractivity (Wildman–Crippen MR) is 68.8 cm³/mol. The molecule has 0 atom stereocenters. The van der Waals surface area contributed by atoms with Crippen LogP contribution < -0.4 is 11.2 Å². The molecule has 2 aromatic heterocycles. The number of hydrogen-bond acceptors (Lipinski definition) is 3. The number of aromatic amines is 1. The summed E-state index contributed by atoms with van der Waals surface area (Å²) in [4.78, 5) is 36.7. The van der Waals surface area contributed by atoms with E-state index in [-0.39, 0.29) is 16.8 Å². The molecule has 0 saturated carbocycles. The fourth-order valence-corrected chi connectivity index (χ4v) is 1.86. The quantitative estimate of drug-likeness (QED) is 0.840. The third kappa shape index (κ3) is 2.51. The lowest BCUT2D eigenvalue weighted by atomic mass is 10.2. The van der Waals surface area contributed by atoms with E-state index in [1.807, 2.05) is 0 Å². The number of nitrogens with one attached hydrogen (secondary N) is 1. The number of rotatable bonds is 3. The molecule has 1 N–H and O–H groups in total. The molecule has 0 unspecified atom stereocenters. The van der Waals surface area contributed by atoms with Gasteiger partial charge in [0, 0.05) is 31.2 Å². The standard InChI is InChI=1S/C11H10BrN3O3/c1-14-3-2-7(4-14)9(16)6-15-5-8(12)10(17)13-11(15)18/h2-5H,6H2,1H3,(H,13,17,18). The summed E-state index contributed by atoms with van der Waals surface area (Å²) in [6, 6.07) is 1.67. The molecule has 0 radical (unpaired) electrons. The maximum Gasteiger partial charge on any atom is 0.328 e. The monoisotopic (exact) mass is 311 g/mol. The zero-order valence-electron chi connectivity index (χ0n) is 9.51. The molecule has 94 valence electrons. The van der Waals surface area contributed by atoms with Gasteiger partial charge in [0.2, 0.25) is 0 Å². The molecule has 18 heavy (non-hydrogen) atoms. The third-order valence-electron chi connectivity index (χ3n) is 2.44. The zero-order chi connectivity index (χ0) is 13.3. The van der Waals surface area contributed by atoms with Crippen molar-refractivity contribution in [1.29, 1.82) is 0 Å². The first-order valence-corrected chi connectivity index (χ1v) is 5.91. The van der Waals surface area contributed by atoms with Gasteiger partial charge < -0.3 is 4.57 Å². The lowest BCUT2D eigenvalue weighted by Gasteiger charge is -2.03. The van der Waals surface area contributed by atoms with Crippen LogP contribution in [0.1, 0.15) is 10.4 Å². The number of halogens is 1. The molecule has 0 bridgehead atoms. The smallest absolute Gasteiger partial charge is 0.328 e. The number of ketones is 1. The second-order valence-electron chi connectivity index (χ2n) is 3.85. The van der Waals surface area contributed by atoms with Crippen LogP contribution >= 0.6 is 15.9 Å². The maximum atomic E-state index is 11.9. The van der Waals surface area contributed by atoms with Crippen LogP contribution in [0.15, 0.2) is 38.7 Å². The fourth-order valence-electron chi connectivity index (χ4n) is 1.51. The molecule has 0 saturated heterocycles. The molecule has 0 aliphatic rings. The molecule has 2 heterocycles. The Labute approximate surface area is 110 Å². The summed E-state index contributed by atoms with van der Waals surface area (Å²) in [5.74, 6) is -0.198. The molecule has 2 aromatic rings. The molecule has 0 amide bonds. The Morgan fingerprint density at radius 2 is 2.11 bits per heavy atom. The number of Topliss-reactive ketones (excluding diaryl/α,β-unsaturated/α-hetero) is 1. The van der Waals surface area contributed by atoms with E-state index >= 15 is 0 Å². The number of aryl methyl sites for hydroxylation is 1. The van der Waals surface area contributed by atoms with Crippen molar-refractivity contribution in [1.82, 2.24) is 14.1 Å². The van der Waals surface area contributed by atoms with Crippen molar-refractivity contribution in [2.45, 2.75) is 6.54 Å². The van der Waals surface area contributed by atoms with Crippen molar-refractivity contribution in [3.8, 4) is 0 Å². The van der Waals surface area contributed by atoms with Gasteiger partial charge >= 0.3 is 5.69 Å². The van der Waals surface area contributed by atoms with Crippen LogP contribution in [0.25, 0.3) is 0 Å². The Kier molecular flexibility index (Phi) is 3.33. The molecule has 0 fully saturated rings. The van der Waals surface area contributed by atoms with Crippen LogP contribution in [0.5, 0.6) is 0 Å². The zero-order valence-corrected chi connectivity index (χ0v) is 11.1. The minimum atomic E-state index is -0.604. The summed E-state index contributed by atoms with van der Waals surface area (Å²) in [6.07, 6.45) is 4.73. The number of carbonyl (C=O) groups is 1. The summed E-state index contributed by atoms with van der Waals surface area (Å²) in [7, 11) is 1.81. The van der Waals surface area contributed by atoms with Crippen molar-refractivity contribution in [3.05, 3.63) is 55.5 Å². The lowest BCUT2D eigenvalue weighted by molar-refractivity contribution is 0.0970. The Hall–Kier alpha value is -1.89. The van der Waals surface area contributed by atoms with Crippen LogP contribution in [-0.2, 0) is 13.6 Å². The highest BCUT2D eigenvalue weighted by molar-refractivity contribution is 9.10. The number of aromatic nitrogens is 3. The van der Waals surface area contributed by atoms with Gasteiger partial charge in [0.1, 0.15) is 0 Å². The first-order chi connectivity index (χ1) is 8.47. The van der Waals surface area contributed by atoms with Crippen LogP contribution in [0.3, 0.4) is 0 Å². The molecule has 0 aliphatic heterocycles. The number of nitrogens with zero attached hydrogens (tertiary/aromatic N) is 2. The molecule has 7 heteroatoms. The Morgan fingerprint density at radius 1 is 1.39 bits per heavy atom. The van der Waals surface area contributed by atoms with Crippen LogP contribution in [-0.4, -0.2) is 19.9 Å². The van der Waals surface area contributed by atoms with Gasteiger partial charge in [-0.2, -0.15) is 0 Å². The average molecular weight is 312 g/mol. The highest BCUT2D eigenvalue weighted by Gasteiger charge is 2.10. The van der Waals surface area contributed by atoms with E-state index < -0.39 is 11.2 Å². The van der Waals surface area contributed by atoms with Crippen LogP contribution in [0, 0.1) is 0 Å². The normalized spacial score (nSPS) is 10.6.